The normalized spacial score (nSPS) is 20.9. The molecule has 74 valence electrons. The zero-order valence-electron chi connectivity index (χ0n) is 8.02. The lowest BCUT2D eigenvalue weighted by Crippen LogP contribution is -2.03. The molecule has 2 nitrogen and oxygen atoms in total. The van der Waals surface area contributed by atoms with Crippen LogP contribution in [-0.2, 0) is 0 Å². The van der Waals surface area contributed by atoms with Crippen LogP contribution in [0.15, 0.2) is 35.3 Å². The predicted octanol–water partition coefficient (Wildman–Crippen LogP) is 2.22. The first-order valence-corrected chi connectivity index (χ1v) is 5.83. The Hall–Kier alpha value is -0.800. The number of benzene rings is 1. The highest BCUT2D eigenvalue weighted by atomic mass is 32.2. The lowest BCUT2D eigenvalue weighted by atomic mass is 10.1. The monoisotopic (exact) mass is 206 g/mol. The lowest BCUT2D eigenvalue weighted by molar-refractivity contribution is 0.844. The Labute approximate surface area is 88.6 Å². The van der Waals surface area contributed by atoms with E-state index in [-0.39, 0.29) is 0 Å². The molecule has 1 heterocycles. The fraction of sp³-hybridized carbons (Fsp3) is 0.364. The molecule has 1 aliphatic rings. The van der Waals surface area contributed by atoms with Crippen molar-refractivity contribution in [3.8, 4) is 0 Å². The number of nitrogens with two attached hydrogens (primary N) is 1. The molecular weight excluding hydrogens is 192 g/mol. The van der Waals surface area contributed by atoms with Crippen molar-refractivity contribution in [1.82, 2.24) is 0 Å². The molecule has 0 spiro atoms. The van der Waals surface area contributed by atoms with Gasteiger partial charge in [-0.25, -0.2) is 0 Å². The molecule has 2 N–H and O–H groups in total. The van der Waals surface area contributed by atoms with E-state index in [4.69, 9.17) is 5.73 Å². The quantitative estimate of drug-likeness (QED) is 0.823. The van der Waals surface area contributed by atoms with E-state index in [0.717, 1.165) is 12.2 Å². The molecule has 1 unspecified atom stereocenters. The summed E-state index contributed by atoms with van der Waals surface area (Å²) in [5, 5.41) is 1.21. The highest BCUT2D eigenvalue weighted by Gasteiger charge is 2.18. The highest BCUT2D eigenvalue weighted by Crippen LogP contribution is 2.30. The molecule has 0 aliphatic carbocycles. The summed E-state index contributed by atoms with van der Waals surface area (Å²) in [6.07, 6.45) is 0.925. The Morgan fingerprint density at radius 2 is 2.14 bits per heavy atom. The second kappa shape index (κ2) is 4.62. The topological polar surface area (TPSA) is 38.4 Å². The molecule has 1 aliphatic heterocycles. The summed E-state index contributed by atoms with van der Waals surface area (Å²) in [5.41, 5.74) is 6.81. The van der Waals surface area contributed by atoms with Crippen LogP contribution in [0, 0.1) is 0 Å². The Kier molecular flexibility index (Phi) is 3.22. The number of aliphatic imine (C=N–C) groups is 1. The van der Waals surface area contributed by atoms with Crippen molar-refractivity contribution in [1.29, 1.82) is 0 Å². The van der Waals surface area contributed by atoms with Crippen LogP contribution >= 0.6 is 11.8 Å². The van der Waals surface area contributed by atoms with Gasteiger partial charge in [0, 0.05) is 12.2 Å². The van der Waals surface area contributed by atoms with E-state index in [9.17, 15) is 0 Å². The van der Waals surface area contributed by atoms with Crippen molar-refractivity contribution in [2.24, 2.45) is 10.7 Å². The average molecular weight is 206 g/mol. The molecule has 1 aromatic rings. The summed E-state index contributed by atoms with van der Waals surface area (Å²) in [6.45, 7) is 0.702. The first-order chi connectivity index (χ1) is 6.90. The first-order valence-electron chi connectivity index (χ1n) is 4.84. The summed E-state index contributed by atoms with van der Waals surface area (Å²) >= 11 is 1.84. The van der Waals surface area contributed by atoms with E-state index in [2.05, 4.69) is 29.3 Å². The third-order valence-electron chi connectivity index (χ3n) is 2.25. The van der Waals surface area contributed by atoms with Gasteiger partial charge in [0.25, 0.3) is 0 Å². The molecule has 0 amide bonds. The van der Waals surface area contributed by atoms with E-state index >= 15 is 0 Å². The molecule has 0 fully saturated rings. The second-order valence-corrected chi connectivity index (χ2v) is 4.39. The Balaban J connectivity index is 2.08. The minimum Gasteiger partial charge on any atom is -0.330 e. The molecule has 1 aromatic carbocycles. The van der Waals surface area contributed by atoms with E-state index in [0.29, 0.717) is 12.6 Å². The van der Waals surface area contributed by atoms with Crippen LogP contribution in [0.3, 0.4) is 0 Å². The van der Waals surface area contributed by atoms with Crippen molar-refractivity contribution < 1.29 is 0 Å². The van der Waals surface area contributed by atoms with Crippen LogP contribution in [0.4, 0.5) is 0 Å². The number of nitrogens with zero attached hydrogens (tertiary/aromatic N) is 1. The average Bonchev–Trinajstić information content (AvgIpc) is 2.68. The van der Waals surface area contributed by atoms with E-state index in [1.807, 2.05) is 17.8 Å². The summed E-state index contributed by atoms with van der Waals surface area (Å²) in [6, 6.07) is 10.8. The Morgan fingerprint density at radius 1 is 1.36 bits per heavy atom. The standard InChI is InChI=1S/C11H14N2S/c12-7-6-11-13-10(8-14-11)9-4-2-1-3-5-9/h1-5,10H,6-8,12H2. The van der Waals surface area contributed by atoms with E-state index in [1.54, 1.807) is 0 Å². The number of hydrogen-bond donors (Lipinski definition) is 1. The fourth-order valence-corrected chi connectivity index (χ4v) is 2.61. The number of hydrogen-bond acceptors (Lipinski definition) is 3. The number of thioether (sulfide) groups is 1. The maximum absolute atomic E-state index is 5.50. The smallest absolute Gasteiger partial charge is 0.0852 e. The van der Waals surface area contributed by atoms with Crippen LogP contribution in [0.2, 0.25) is 0 Å². The summed E-state index contributed by atoms with van der Waals surface area (Å²) in [5.74, 6) is 1.07. The van der Waals surface area contributed by atoms with Gasteiger partial charge in [0.1, 0.15) is 0 Å². The van der Waals surface area contributed by atoms with Crippen molar-refractivity contribution in [3.63, 3.8) is 0 Å². The van der Waals surface area contributed by atoms with Gasteiger partial charge in [-0.1, -0.05) is 30.3 Å². The van der Waals surface area contributed by atoms with Gasteiger partial charge in [-0.3, -0.25) is 4.99 Å². The van der Waals surface area contributed by atoms with Gasteiger partial charge in [-0.15, -0.1) is 11.8 Å². The Morgan fingerprint density at radius 3 is 2.86 bits per heavy atom. The van der Waals surface area contributed by atoms with Crippen LogP contribution < -0.4 is 5.73 Å². The number of rotatable bonds is 3. The van der Waals surface area contributed by atoms with Crippen molar-refractivity contribution >= 4 is 16.8 Å². The molecule has 1 atom stereocenters. The second-order valence-electron chi connectivity index (χ2n) is 3.30. The largest absolute Gasteiger partial charge is 0.330 e. The maximum Gasteiger partial charge on any atom is 0.0852 e. The minimum absolute atomic E-state index is 0.350. The van der Waals surface area contributed by atoms with E-state index in [1.165, 1.54) is 10.6 Å². The highest BCUT2D eigenvalue weighted by molar-refractivity contribution is 8.14. The predicted molar refractivity (Wildman–Crippen MR) is 62.7 cm³/mol. The maximum atomic E-state index is 5.50. The molecule has 0 saturated carbocycles. The van der Waals surface area contributed by atoms with Crippen LogP contribution in [-0.4, -0.2) is 17.3 Å². The Bertz CT molecular complexity index is 321. The molecule has 0 bridgehead atoms. The van der Waals surface area contributed by atoms with Crippen LogP contribution in [0.1, 0.15) is 18.0 Å². The summed E-state index contributed by atoms with van der Waals surface area (Å²) in [4.78, 5) is 4.65. The SMILES string of the molecule is NCCC1=NC(c2ccccc2)CS1. The van der Waals surface area contributed by atoms with Gasteiger partial charge in [-0.2, -0.15) is 0 Å². The third kappa shape index (κ3) is 2.16. The van der Waals surface area contributed by atoms with Crippen molar-refractivity contribution in [3.05, 3.63) is 35.9 Å². The fourth-order valence-electron chi connectivity index (χ4n) is 1.53. The molecule has 14 heavy (non-hydrogen) atoms. The zero-order chi connectivity index (χ0) is 9.80. The minimum atomic E-state index is 0.350. The molecule has 2 rings (SSSR count). The van der Waals surface area contributed by atoms with Gasteiger partial charge in [-0.05, 0) is 12.1 Å². The lowest BCUT2D eigenvalue weighted by Gasteiger charge is -2.04. The van der Waals surface area contributed by atoms with E-state index < -0.39 is 0 Å². The molecule has 0 saturated heterocycles. The zero-order valence-corrected chi connectivity index (χ0v) is 8.83. The first kappa shape index (κ1) is 9.74. The third-order valence-corrected chi connectivity index (χ3v) is 3.38. The molecule has 0 aromatic heterocycles. The van der Waals surface area contributed by atoms with Crippen molar-refractivity contribution in [2.75, 3.05) is 12.3 Å². The van der Waals surface area contributed by atoms with Crippen LogP contribution in [0.5, 0.6) is 0 Å². The van der Waals surface area contributed by atoms with Gasteiger partial charge in [0.15, 0.2) is 0 Å². The molecular formula is C11H14N2S. The van der Waals surface area contributed by atoms with Gasteiger partial charge < -0.3 is 5.73 Å². The summed E-state index contributed by atoms with van der Waals surface area (Å²) < 4.78 is 0. The van der Waals surface area contributed by atoms with Crippen molar-refractivity contribution in [2.45, 2.75) is 12.5 Å². The van der Waals surface area contributed by atoms with Gasteiger partial charge in [0.2, 0.25) is 0 Å². The van der Waals surface area contributed by atoms with Gasteiger partial charge in [0.05, 0.1) is 11.1 Å². The molecule has 0 radical (unpaired) electrons. The summed E-state index contributed by atoms with van der Waals surface area (Å²) in [7, 11) is 0. The molecule has 3 heteroatoms. The van der Waals surface area contributed by atoms with Gasteiger partial charge >= 0.3 is 0 Å². The van der Waals surface area contributed by atoms with Crippen LogP contribution in [0.25, 0.3) is 0 Å².